The van der Waals surface area contributed by atoms with E-state index in [0.717, 1.165) is 29.7 Å². The van der Waals surface area contributed by atoms with Crippen LogP contribution in [-0.2, 0) is 26.2 Å². The van der Waals surface area contributed by atoms with Crippen molar-refractivity contribution >= 4 is 90.7 Å². The molecular weight excluding hydrogens is 839 g/mol. The van der Waals surface area contributed by atoms with Crippen LogP contribution in [0.15, 0.2) is 78.4 Å². The molecule has 0 unspecified atom stereocenters. The molecule has 9 rings (SSSR count). The molecule has 13 heteroatoms. The van der Waals surface area contributed by atoms with Gasteiger partial charge in [0.05, 0.1) is 40.8 Å². The monoisotopic (exact) mass is 872 g/mol. The molecule has 0 radical (unpaired) electrons. The Morgan fingerprint density at radius 3 is 2.44 bits per heavy atom. The SMILES string of the molecule is COc1ccc([C@H]2C3=CC[C@@H]4C(=O)N(c5ccc(I)cc5)C(=O)[C@@H]4[C@@H]3C[C@H]3C(=O)N(c4cc(-c5sc6ccc(Cl)cc6c5C)nn4C)C(=O)[C@@]23C)cc1O. The first-order valence-electron chi connectivity index (χ1n) is 17.6. The zero-order chi connectivity index (χ0) is 38.0. The van der Waals surface area contributed by atoms with E-state index in [1.165, 1.54) is 16.9 Å². The zero-order valence-electron chi connectivity index (χ0n) is 29.7. The Labute approximate surface area is 333 Å². The Morgan fingerprint density at radius 2 is 1.72 bits per heavy atom. The number of allylic oxidation sites excluding steroid dienone is 2. The van der Waals surface area contributed by atoms with E-state index in [1.54, 1.807) is 59.5 Å². The second-order valence-corrected chi connectivity index (χ2v) is 17.5. The number of methoxy groups -OCH3 is 1. The van der Waals surface area contributed by atoms with Crippen LogP contribution in [0.25, 0.3) is 20.7 Å². The summed E-state index contributed by atoms with van der Waals surface area (Å²) in [6, 6.07) is 19.8. The summed E-state index contributed by atoms with van der Waals surface area (Å²) in [4.78, 5) is 61.8. The number of carbonyl (C=O) groups excluding carboxylic acids is 4. The second kappa shape index (κ2) is 12.5. The maximum Gasteiger partial charge on any atom is 0.242 e. The summed E-state index contributed by atoms with van der Waals surface area (Å²) in [5.41, 5.74) is 2.31. The topological polar surface area (TPSA) is 122 Å². The first-order chi connectivity index (χ1) is 25.8. The number of aryl methyl sites for hydroxylation is 2. The van der Waals surface area contributed by atoms with E-state index >= 15 is 4.79 Å². The van der Waals surface area contributed by atoms with E-state index in [2.05, 4.69) is 22.6 Å². The molecule has 2 aliphatic heterocycles. The number of hydrogen-bond donors (Lipinski definition) is 1. The molecule has 4 heterocycles. The molecular formula is C41H34ClIN4O6S. The number of imide groups is 2. The van der Waals surface area contributed by atoms with Gasteiger partial charge in [0.2, 0.25) is 23.6 Å². The number of carbonyl (C=O) groups is 4. The molecule has 5 aromatic rings. The highest BCUT2D eigenvalue weighted by molar-refractivity contribution is 14.1. The lowest BCUT2D eigenvalue weighted by Crippen LogP contribution is -2.48. The van der Waals surface area contributed by atoms with Crippen LogP contribution in [0.4, 0.5) is 11.5 Å². The van der Waals surface area contributed by atoms with Crippen molar-refractivity contribution in [1.82, 2.24) is 9.78 Å². The number of hydrogen-bond acceptors (Lipinski definition) is 8. The first kappa shape index (κ1) is 35.2. The third-order valence-corrected chi connectivity index (χ3v) is 14.4. The van der Waals surface area contributed by atoms with Gasteiger partial charge in [0.1, 0.15) is 11.5 Å². The Hall–Kier alpha value is -4.53. The number of benzene rings is 3. The van der Waals surface area contributed by atoms with Gasteiger partial charge in [0.25, 0.3) is 0 Å². The number of anilines is 2. The minimum atomic E-state index is -1.29. The number of nitrogens with zero attached hydrogens (tertiary/aromatic N) is 4. The van der Waals surface area contributed by atoms with E-state index in [0.29, 0.717) is 34.2 Å². The minimum Gasteiger partial charge on any atom is -0.504 e. The van der Waals surface area contributed by atoms with E-state index in [-0.39, 0.29) is 41.5 Å². The Morgan fingerprint density at radius 1 is 0.963 bits per heavy atom. The number of phenolic OH excluding ortho intramolecular Hbond substituents is 1. The molecule has 2 aromatic heterocycles. The zero-order valence-corrected chi connectivity index (χ0v) is 33.4. The second-order valence-electron chi connectivity index (χ2n) is 14.8. The van der Waals surface area contributed by atoms with Crippen molar-refractivity contribution in [2.45, 2.75) is 32.6 Å². The van der Waals surface area contributed by atoms with Gasteiger partial charge >= 0.3 is 0 Å². The highest BCUT2D eigenvalue weighted by Crippen LogP contribution is 2.64. The highest BCUT2D eigenvalue weighted by Gasteiger charge is 2.68. The van der Waals surface area contributed by atoms with E-state index in [4.69, 9.17) is 21.4 Å². The number of aromatic hydroxyl groups is 1. The Kier molecular flexibility index (Phi) is 8.15. The van der Waals surface area contributed by atoms with Crippen molar-refractivity contribution in [3.63, 3.8) is 0 Å². The molecule has 1 N–H and O–H groups in total. The van der Waals surface area contributed by atoms with Crippen LogP contribution in [0.5, 0.6) is 11.5 Å². The number of ether oxygens (including phenoxy) is 1. The van der Waals surface area contributed by atoms with Crippen LogP contribution in [0.1, 0.15) is 36.8 Å². The summed E-state index contributed by atoms with van der Waals surface area (Å²) >= 11 is 10.1. The van der Waals surface area contributed by atoms with Gasteiger partial charge in [-0.1, -0.05) is 29.3 Å². The average Bonchev–Trinajstić information content (AvgIpc) is 3.82. The van der Waals surface area contributed by atoms with Crippen LogP contribution in [0.3, 0.4) is 0 Å². The summed E-state index contributed by atoms with van der Waals surface area (Å²) in [7, 11) is 3.18. The van der Waals surface area contributed by atoms with Crippen molar-refractivity contribution in [3.8, 4) is 22.1 Å². The number of thiophene rings is 1. The molecule has 2 saturated heterocycles. The van der Waals surface area contributed by atoms with Gasteiger partial charge in [0.15, 0.2) is 11.5 Å². The summed E-state index contributed by atoms with van der Waals surface area (Å²) in [5, 5.41) is 17.5. The maximum atomic E-state index is 15.1. The lowest BCUT2D eigenvalue weighted by molar-refractivity contribution is -0.131. The van der Waals surface area contributed by atoms with Crippen molar-refractivity contribution in [2.75, 3.05) is 16.9 Å². The fourth-order valence-electron chi connectivity index (χ4n) is 9.56. The smallest absolute Gasteiger partial charge is 0.242 e. The predicted octanol–water partition coefficient (Wildman–Crippen LogP) is 8.02. The van der Waals surface area contributed by atoms with E-state index in [9.17, 15) is 19.5 Å². The van der Waals surface area contributed by atoms with Gasteiger partial charge in [-0.15, -0.1) is 11.3 Å². The van der Waals surface area contributed by atoms with E-state index < -0.39 is 35.0 Å². The molecule has 274 valence electrons. The van der Waals surface area contributed by atoms with Gasteiger partial charge in [-0.05, 0) is 126 Å². The minimum absolute atomic E-state index is 0.103. The molecule has 1 saturated carbocycles. The third kappa shape index (κ3) is 4.91. The molecule has 10 nitrogen and oxygen atoms in total. The van der Waals surface area contributed by atoms with Crippen molar-refractivity contribution in [3.05, 3.63) is 98.1 Å². The predicted molar refractivity (Wildman–Crippen MR) is 215 cm³/mol. The van der Waals surface area contributed by atoms with Crippen LogP contribution < -0.4 is 14.5 Å². The van der Waals surface area contributed by atoms with Crippen molar-refractivity contribution in [2.24, 2.45) is 36.1 Å². The van der Waals surface area contributed by atoms with Crippen LogP contribution in [-0.4, -0.2) is 45.6 Å². The van der Waals surface area contributed by atoms with Crippen LogP contribution in [0, 0.1) is 39.6 Å². The summed E-state index contributed by atoms with van der Waals surface area (Å²) in [6.45, 7) is 3.83. The van der Waals surface area contributed by atoms with E-state index in [1.807, 2.05) is 50.3 Å². The molecule has 2 aliphatic carbocycles. The quantitative estimate of drug-likeness (QED) is 0.108. The molecule has 4 amide bonds. The van der Waals surface area contributed by atoms with Crippen molar-refractivity contribution < 1.29 is 29.0 Å². The number of fused-ring (bicyclic) bond motifs is 5. The van der Waals surface area contributed by atoms with Gasteiger partial charge in [-0.2, -0.15) is 5.10 Å². The first-order valence-corrected chi connectivity index (χ1v) is 19.9. The fourth-order valence-corrected chi connectivity index (χ4v) is 11.2. The van der Waals surface area contributed by atoms with Gasteiger partial charge in [0, 0.05) is 32.3 Å². The standard InChI is InChI=1S/C41H34ClIN4O6S/c1-19-26-16-21(42)6-14-32(26)54-36(19)29-18-33(45(3)44-29)47-38(50)28-17-27-24(35(41(28,2)40(47)52)20-5-13-31(53-4)30(48)15-20)11-12-25-34(27)39(51)46(37(25)49)23-9-7-22(43)8-10-23/h5-11,13-16,18,25,27-28,34-35,48H,12,17H2,1-4H3/t25-,27+,28-,34-,35-,41+/m0/s1. The molecule has 0 bridgehead atoms. The third-order valence-electron chi connectivity index (χ3n) is 12.1. The number of halogens is 2. The summed E-state index contributed by atoms with van der Waals surface area (Å²) in [6.07, 6.45) is 2.53. The number of amides is 4. The van der Waals surface area contributed by atoms with Gasteiger partial charge in [-0.25, -0.2) is 4.90 Å². The summed E-state index contributed by atoms with van der Waals surface area (Å²) < 4.78 is 8.94. The Balaban J connectivity index is 1.15. The lowest BCUT2D eigenvalue weighted by atomic mass is 9.51. The van der Waals surface area contributed by atoms with Gasteiger partial charge < -0.3 is 9.84 Å². The average molecular weight is 873 g/mol. The highest BCUT2D eigenvalue weighted by atomic mass is 127. The number of rotatable bonds is 5. The largest absolute Gasteiger partial charge is 0.504 e. The molecule has 6 atom stereocenters. The molecule has 3 fully saturated rings. The van der Waals surface area contributed by atoms with Gasteiger partial charge in [-0.3, -0.25) is 28.8 Å². The Bertz CT molecular complexity index is 2510. The molecule has 4 aliphatic rings. The lowest BCUT2D eigenvalue weighted by Gasteiger charge is -2.49. The van der Waals surface area contributed by atoms with Crippen LogP contribution >= 0.6 is 45.5 Å². The molecule has 0 spiro atoms. The fraction of sp³-hybridized carbons (Fsp3) is 0.293. The molecule has 3 aromatic carbocycles. The summed E-state index contributed by atoms with van der Waals surface area (Å²) in [5.74, 6) is -4.13. The van der Waals surface area contributed by atoms with Crippen molar-refractivity contribution in [1.29, 1.82) is 0 Å². The number of phenols is 1. The molecule has 54 heavy (non-hydrogen) atoms. The number of aromatic nitrogens is 2. The normalized spacial score (nSPS) is 26.3. The van der Waals surface area contributed by atoms with Crippen LogP contribution in [0.2, 0.25) is 5.02 Å². The maximum absolute atomic E-state index is 15.1.